The topological polar surface area (TPSA) is 63.8 Å². The number of carbonyl (C=O) groups excluding carboxylic acids is 1. The van der Waals surface area contributed by atoms with Gasteiger partial charge in [-0.3, -0.25) is 4.79 Å². The zero-order valence-electron chi connectivity index (χ0n) is 15.9. The van der Waals surface area contributed by atoms with Gasteiger partial charge in [0, 0.05) is 42.3 Å². The van der Waals surface area contributed by atoms with E-state index >= 15 is 0 Å². The maximum atomic E-state index is 13.1. The zero-order chi connectivity index (χ0) is 18.7. The minimum absolute atomic E-state index is 0.0831. The molecule has 1 saturated carbocycles. The molecular weight excluding hydrogens is 356 g/mol. The van der Waals surface area contributed by atoms with Crippen molar-refractivity contribution >= 4 is 16.8 Å². The third-order valence-electron chi connectivity index (χ3n) is 7.20. The first-order valence-electron chi connectivity index (χ1n) is 10.5. The van der Waals surface area contributed by atoms with Crippen LogP contribution in [0.5, 0.6) is 0 Å². The van der Waals surface area contributed by atoms with Crippen LogP contribution in [0.1, 0.15) is 31.2 Å². The van der Waals surface area contributed by atoms with Crippen molar-refractivity contribution in [3.8, 4) is 0 Å². The van der Waals surface area contributed by atoms with Crippen LogP contribution in [0.15, 0.2) is 30.5 Å². The van der Waals surface area contributed by atoms with Gasteiger partial charge >= 0.3 is 0 Å². The van der Waals surface area contributed by atoms with Crippen LogP contribution in [-0.4, -0.2) is 53.7 Å². The molecule has 0 bridgehead atoms. The molecular formula is C22H26N2O4. The van der Waals surface area contributed by atoms with Crippen LogP contribution < -0.4 is 0 Å². The summed E-state index contributed by atoms with van der Waals surface area (Å²) >= 11 is 0. The van der Waals surface area contributed by atoms with Crippen LogP contribution >= 0.6 is 0 Å². The van der Waals surface area contributed by atoms with Crippen molar-refractivity contribution in [3.05, 3.63) is 36.0 Å². The molecule has 1 aromatic heterocycles. The molecule has 6 heteroatoms. The number of fused-ring (bicyclic) bond motifs is 4. The summed E-state index contributed by atoms with van der Waals surface area (Å²) in [7, 11) is 0. The van der Waals surface area contributed by atoms with E-state index in [4.69, 9.17) is 14.2 Å². The first-order valence-corrected chi connectivity index (χ1v) is 10.5. The van der Waals surface area contributed by atoms with Gasteiger partial charge in [0.15, 0.2) is 5.79 Å². The van der Waals surface area contributed by atoms with Crippen molar-refractivity contribution in [1.82, 2.24) is 9.88 Å². The molecule has 1 aliphatic carbocycles. The van der Waals surface area contributed by atoms with Gasteiger partial charge in [0.2, 0.25) is 5.91 Å². The Kier molecular flexibility index (Phi) is 3.83. The summed E-state index contributed by atoms with van der Waals surface area (Å²) in [5.74, 6) is 0.478. The third-order valence-corrected chi connectivity index (χ3v) is 7.20. The minimum Gasteiger partial charge on any atom is -0.361 e. The average molecular weight is 382 g/mol. The van der Waals surface area contributed by atoms with Gasteiger partial charge in [-0.1, -0.05) is 18.2 Å². The molecule has 1 aromatic carbocycles. The molecule has 6 nitrogen and oxygen atoms in total. The molecule has 4 heterocycles. The van der Waals surface area contributed by atoms with Gasteiger partial charge in [-0.25, -0.2) is 0 Å². The SMILES string of the molecule is O=C1C[C@H]2CC3(CC[C@@H]2[C@H]2OC[C@H](Cc4c[nH]c5ccccc45)N12)OCCO3. The van der Waals surface area contributed by atoms with Crippen molar-refractivity contribution in [1.29, 1.82) is 0 Å². The second-order valence-corrected chi connectivity index (χ2v) is 8.72. The standard InChI is InChI=1S/C22H26N2O4/c25-20-10-14-11-22(27-7-8-28-22)6-5-18(14)21-24(20)16(13-26-21)9-15-12-23-19-4-2-1-3-17(15)19/h1-4,12,14,16,18,21,23H,5-11,13H2/t14-,16-,18-,21+/m0/s1. The van der Waals surface area contributed by atoms with Gasteiger partial charge in [-0.05, 0) is 30.4 Å². The van der Waals surface area contributed by atoms with E-state index in [1.54, 1.807) is 0 Å². The number of piperidine rings is 1. The fourth-order valence-electron chi connectivity index (χ4n) is 5.93. The van der Waals surface area contributed by atoms with Gasteiger partial charge in [-0.15, -0.1) is 0 Å². The highest BCUT2D eigenvalue weighted by Gasteiger charge is 2.55. The van der Waals surface area contributed by atoms with E-state index in [1.807, 2.05) is 6.07 Å². The van der Waals surface area contributed by atoms with Gasteiger partial charge in [-0.2, -0.15) is 0 Å². The van der Waals surface area contributed by atoms with Crippen molar-refractivity contribution in [2.45, 2.75) is 50.2 Å². The number of benzene rings is 1. The second kappa shape index (κ2) is 6.31. The lowest BCUT2D eigenvalue weighted by Crippen LogP contribution is -2.56. The molecule has 4 aliphatic rings. The zero-order valence-corrected chi connectivity index (χ0v) is 15.9. The molecule has 1 N–H and O–H groups in total. The Morgan fingerprint density at radius 3 is 2.96 bits per heavy atom. The van der Waals surface area contributed by atoms with Crippen molar-refractivity contribution in [3.63, 3.8) is 0 Å². The lowest BCUT2D eigenvalue weighted by atomic mass is 9.71. The largest absolute Gasteiger partial charge is 0.361 e. The number of hydrogen-bond donors (Lipinski definition) is 1. The average Bonchev–Trinajstić information content (AvgIpc) is 3.42. The van der Waals surface area contributed by atoms with Crippen LogP contribution in [0.25, 0.3) is 10.9 Å². The lowest BCUT2D eigenvalue weighted by Gasteiger charge is -2.48. The van der Waals surface area contributed by atoms with E-state index < -0.39 is 5.79 Å². The number of aromatic nitrogens is 1. The number of nitrogens with one attached hydrogen (secondary N) is 1. The molecule has 3 aliphatic heterocycles. The van der Waals surface area contributed by atoms with Gasteiger partial charge < -0.3 is 24.1 Å². The molecule has 3 saturated heterocycles. The molecule has 148 valence electrons. The summed E-state index contributed by atoms with van der Waals surface area (Å²) in [5.41, 5.74) is 2.40. The number of carbonyl (C=O) groups is 1. The number of para-hydroxylation sites is 1. The van der Waals surface area contributed by atoms with E-state index in [1.165, 1.54) is 10.9 Å². The number of nitrogens with zero attached hydrogens (tertiary/aromatic N) is 1. The molecule has 4 fully saturated rings. The maximum absolute atomic E-state index is 13.1. The lowest BCUT2D eigenvalue weighted by molar-refractivity contribution is -0.214. The van der Waals surface area contributed by atoms with Gasteiger partial charge in [0.05, 0.1) is 25.9 Å². The van der Waals surface area contributed by atoms with Crippen LogP contribution in [0.3, 0.4) is 0 Å². The third kappa shape index (κ3) is 2.55. The predicted molar refractivity (Wildman–Crippen MR) is 102 cm³/mol. The Bertz CT molecular complexity index is 903. The second-order valence-electron chi connectivity index (χ2n) is 8.72. The van der Waals surface area contributed by atoms with Crippen molar-refractivity contribution < 1.29 is 19.0 Å². The summed E-state index contributed by atoms with van der Waals surface area (Å²) in [5, 5.41) is 1.24. The van der Waals surface area contributed by atoms with E-state index in [0.29, 0.717) is 38.1 Å². The molecule has 0 radical (unpaired) electrons. The molecule has 1 spiro atoms. The molecule has 4 atom stereocenters. The summed E-state index contributed by atoms with van der Waals surface area (Å²) in [6, 6.07) is 8.46. The monoisotopic (exact) mass is 382 g/mol. The Hall–Kier alpha value is -1.89. The number of ether oxygens (including phenoxy) is 3. The molecule has 0 unspecified atom stereocenters. The number of amides is 1. The van der Waals surface area contributed by atoms with Gasteiger partial charge in [0.25, 0.3) is 0 Å². The number of hydrogen-bond acceptors (Lipinski definition) is 4. The van der Waals surface area contributed by atoms with Gasteiger partial charge in [0.1, 0.15) is 6.23 Å². The summed E-state index contributed by atoms with van der Waals surface area (Å²) in [6.07, 6.45) is 6.14. The number of H-pyrrole nitrogens is 1. The molecule has 6 rings (SSSR count). The van der Waals surface area contributed by atoms with Crippen LogP contribution in [-0.2, 0) is 25.4 Å². The first-order chi connectivity index (χ1) is 13.7. The van der Waals surface area contributed by atoms with Crippen LogP contribution in [0.2, 0.25) is 0 Å². The first kappa shape index (κ1) is 17.0. The quantitative estimate of drug-likeness (QED) is 0.868. The summed E-state index contributed by atoms with van der Waals surface area (Å²) in [4.78, 5) is 18.5. The Labute approximate surface area is 164 Å². The minimum atomic E-state index is -0.439. The van der Waals surface area contributed by atoms with Crippen molar-refractivity contribution in [2.75, 3.05) is 19.8 Å². The molecule has 28 heavy (non-hydrogen) atoms. The van der Waals surface area contributed by atoms with Crippen LogP contribution in [0, 0.1) is 11.8 Å². The Morgan fingerprint density at radius 1 is 1.21 bits per heavy atom. The van der Waals surface area contributed by atoms with E-state index in [9.17, 15) is 4.79 Å². The van der Waals surface area contributed by atoms with E-state index in [-0.39, 0.29) is 18.2 Å². The Morgan fingerprint density at radius 2 is 2.07 bits per heavy atom. The predicted octanol–water partition coefficient (Wildman–Crippen LogP) is 2.83. The summed E-state index contributed by atoms with van der Waals surface area (Å²) in [6.45, 7) is 1.96. The Balaban J connectivity index is 1.22. The fraction of sp³-hybridized carbons (Fsp3) is 0.591. The molecule has 1 amide bonds. The molecule has 2 aromatic rings. The highest BCUT2D eigenvalue weighted by atomic mass is 16.7. The summed E-state index contributed by atoms with van der Waals surface area (Å²) < 4.78 is 18.1. The normalized spacial score (nSPS) is 34.1. The maximum Gasteiger partial charge on any atom is 0.225 e. The number of rotatable bonds is 2. The highest BCUT2D eigenvalue weighted by Crippen LogP contribution is 2.49. The smallest absolute Gasteiger partial charge is 0.225 e. The highest BCUT2D eigenvalue weighted by molar-refractivity contribution is 5.83. The van der Waals surface area contributed by atoms with E-state index in [2.05, 4.69) is 34.3 Å². The fourth-order valence-corrected chi connectivity index (χ4v) is 5.93. The van der Waals surface area contributed by atoms with Crippen LogP contribution in [0.4, 0.5) is 0 Å². The van der Waals surface area contributed by atoms with E-state index in [0.717, 1.165) is 31.2 Å². The number of aromatic amines is 1. The van der Waals surface area contributed by atoms with Crippen molar-refractivity contribution in [2.24, 2.45) is 11.8 Å².